The molecular weight excluding hydrogens is 340 g/mol. The molecule has 0 aliphatic heterocycles. The molecule has 5 heteroatoms. The number of oxazole rings is 1. The van der Waals surface area contributed by atoms with Crippen molar-refractivity contribution in [1.29, 1.82) is 0 Å². The lowest BCUT2D eigenvalue weighted by Gasteiger charge is -2.17. The Morgan fingerprint density at radius 2 is 1.85 bits per heavy atom. The summed E-state index contributed by atoms with van der Waals surface area (Å²) in [7, 11) is 1.64. The van der Waals surface area contributed by atoms with E-state index in [4.69, 9.17) is 9.15 Å². The topological polar surface area (TPSA) is 64.4 Å². The molecule has 1 N–H and O–H groups in total. The number of carbonyl (C=O) groups is 1. The summed E-state index contributed by atoms with van der Waals surface area (Å²) in [5, 5.41) is 3.08. The van der Waals surface area contributed by atoms with Gasteiger partial charge in [0.25, 0.3) is 0 Å². The van der Waals surface area contributed by atoms with E-state index in [1.54, 1.807) is 7.11 Å². The monoisotopic (exact) mass is 364 g/mol. The second-order valence-corrected chi connectivity index (χ2v) is 6.37. The average molecular weight is 364 g/mol. The quantitative estimate of drug-likeness (QED) is 0.672. The largest absolute Gasteiger partial charge is 0.497 e. The summed E-state index contributed by atoms with van der Waals surface area (Å²) in [6.45, 7) is 3.88. The first-order valence-electron chi connectivity index (χ1n) is 9.05. The van der Waals surface area contributed by atoms with Crippen molar-refractivity contribution >= 4 is 5.91 Å². The number of methoxy groups -OCH3 is 1. The fourth-order valence-electron chi connectivity index (χ4n) is 2.95. The Hall–Kier alpha value is -3.08. The van der Waals surface area contributed by atoms with E-state index in [0.717, 1.165) is 23.3 Å². The van der Waals surface area contributed by atoms with Crippen LogP contribution < -0.4 is 10.1 Å². The maximum atomic E-state index is 12.6. The van der Waals surface area contributed by atoms with Gasteiger partial charge in [0.2, 0.25) is 11.8 Å². The Balaban J connectivity index is 1.68. The normalized spacial score (nSPS) is 11.8. The van der Waals surface area contributed by atoms with Crippen molar-refractivity contribution in [1.82, 2.24) is 10.3 Å². The van der Waals surface area contributed by atoms with E-state index in [0.29, 0.717) is 17.3 Å². The van der Waals surface area contributed by atoms with Gasteiger partial charge in [-0.25, -0.2) is 4.98 Å². The van der Waals surface area contributed by atoms with Crippen LogP contribution in [-0.4, -0.2) is 18.0 Å². The van der Waals surface area contributed by atoms with Gasteiger partial charge in [0.1, 0.15) is 11.5 Å². The summed E-state index contributed by atoms with van der Waals surface area (Å²) in [6.07, 6.45) is 0.986. The van der Waals surface area contributed by atoms with E-state index in [1.165, 1.54) is 0 Å². The van der Waals surface area contributed by atoms with Crippen molar-refractivity contribution < 1.29 is 13.9 Å². The van der Waals surface area contributed by atoms with Gasteiger partial charge in [-0.15, -0.1) is 0 Å². The SMILES string of the molecule is CCC(NC(=O)Cc1nc(-c2ccccc2)oc1C)c1ccc(OC)cc1. The number of nitrogens with zero attached hydrogens (tertiary/aromatic N) is 1. The van der Waals surface area contributed by atoms with Gasteiger partial charge in [-0.05, 0) is 43.2 Å². The van der Waals surface area contributed by atoms with Crippen molar-refractivity contribution in [3.63, 3.8) is 0 Å². The first-order chi connectivity index (χ1) is 13.1. The molecule has 0 radical (unpaired) electrons. The van der Waals surface area contributed by atoms with Gasteiger partial charge in [-0.2, -0.15) is 0 Å². The molecule has 1 aromatic heterocycles. The highest BCUT2D eigenvalue weighted by Crippen LogP contribution is 2.23. The third-order valence-corrected chi connectivity index (χ3v) is 4.50. The zero-order valence-electron chi connectivity index (χ0n) is 15.9. The molecule has 1 amide bonds. The third kappa shape index (κ3) is 4.56. The standard InChI is InChI=1S/C22H24N2O3/c1-4-19(16-10-12-18(26-3)13-11-16)23-21(25)14-20-15(2)27-22(24-20)17-8-6-5-7-9-17/h5-13,19H,4,14H2,1-3H3,(H,23,25). The molecule has 0 aliphatic carbocycles. The minimum atomic E-state index is -0.0753. The van der Waals surface area contributed by atoms with Gasteiger partial charge in [-0.3, -0.25) is 4.79 Å². The Bertz CT molecular complexity index is 886. The fraction of sp³-hybridized carbons (Fsp3) is 0.273. The van der Waals surface area contributed by atoms with Crippen LogP contribution in [0.15, 0.2) is 59.0 Å². The van der Waals surface area contributed by atoms with Crippen LogP contribution in [0.25, 0.3) is 11.5 Å². The summed E-state index contributed by atoms with van der Waals surface area (Å²) in [6, 6.07) is 17.4. The molecular formula is C22H24N2O3. The minimum Gasteiger partial charge on any atom is -0.497 e. The van der Waals surface area contributed by atoms with Gasteiger partial charge in [0, 0.05) is 5.56 Å². The molecule has 1 unspecified atom stereocenters. The van der Waals surface area contributed by atoms with Crippen LogP contribution in [0.1, 0.15) is 36.4 Å². The molecule has 5 nitrogen and oxygen atoms in total. The third-order valence-electron chi connectivity index (χ3n) is 4.50. The number of amides is 1. The number of aryl methyl sites for hydroxylation is 1. The van der Waals surface area contributed by atoms with Crippen LogP contribution >= 0.6 is 0 Å². The predicted octanol–water partition coefficient (Wildman–Crippen LogP) is 4.47. The minimum absolute atomic E-state index is 0.0517. The van der Waals surface area contributed by atoms with E-state index < -0.39 is 0 Å². The van der Waals surface area contributed by atoms with Crippen LogP contribution in [-0.2, 0) is 11.2 Å². The lowest BCUT2D eigenvalue weighted by Crippen LogP contribution is -2.29. The lowest BCUT2D eigenvalue weighted by molar-refractivity contribution is -0.121. The molecule has 1 heterocycles. The number of rotatable bonds is 7. The first-order valence-corrected chi connectivity index (χ1v) is 9.05. The lowest BCUT2D eigenvalue weighted by atomic mass is 10.0. The molecule has 140 valence electrons. The second-order valence-electron chi connectivity index (χ2n) is 6.37. The molecule has 2 aromatic carbocycles. The van der Waals surface area contributed by atoms with Gasteiger partial charge >= 0.3 is 0 Å². The van der Waals surface area contributed by atoms with Crippen molar-refractivity contribution in [3.8, 4) is 17.2 Å². The average Bonchev–Trinajstić information content (AvgIpc) is 3.07. The second kappa shape index (κ2) is 8.54. The van der Waals surface area contributed by atoms with E-state index in [-0.39, 0.29) is 18.4 Å². The first kappa shape index (κ1) is 18.7. The Morgan fingerprint density at radius 3 is 2.48 bits per heavy atom. The summed E-state index contributed by atoms with van der Waals surface area (Å²) in [5.41, 5.74) is 2.61. The Morgan fingerprint density at radius 1 is 1.15 bits per heavy atom. The molecule has 0 fully saturated rings. The summed E-state index contributed by atoms with van der Waals surface area (Å²) in [5.74, 6) is 1.93. The zero-order valence-corrected chi connectivity index (χ0v) is 15.9. The molecule has 0 bridgehead atoms. The number of nitrogens with one attached hydrogen (secondary N) is 1. The number of aromatic nitrogens is 1. The smallest absolute Gasteiger partial charge is 0.226 e. The van der Waals surface area contributed by atoms with Crippen molar-refractivity contribution in [3.05, 3.63) is 71.6 Å². The molecule has 1 atom stereocenters. The molecule has 0 saturated carbocycles. The fourth-order valence-corrected chi connectivity index (χ4v) is 2.95. The number of hydrogen-bond acceptors (Lipinski definition) is 4. The van der Waals surface area contributed by atoms with E-state index in [2.05, 4.69) is 10.3 Å². The van der Waals surface area contributed by atoms with Gasteiger partial charge < -0.3 is 14.5 Å². The van der Waals surface area contributed by atoms with E-state index >= 15 is 0 Å². The maximum absolute atomic E-state index is 12.6. The van der Waals surface area contributed by atoms with Crippen LogP contribution in [0.4, 0.5) is 0 Å². The van der Waals surface area contributed by atoms with Crippen LogP contribution in [0.3, 0.4) is 0 Å². The summed E-state index contributed by atoms with van der Waals surface area (Å²) in [4.78, 5) is 17.1. The molecule has 27 heavy (non-hydrogen) atoms. The van der Waals surface area contributed by atoms with Crippen LogP contribution in [0, 0.1) is 6.92 Å². The maximum Gasteiger partial charge on any atom is 0.226 e. The number of carbonyl (C=O) groups excluding carboxylic acids is 1. The van der Waals surface area contributed by atoms with Gasteiger partial charge in [0.15, 0.2) is 0 Å². The van der Waals surface area contributed by atoms with E-state index in [9.17, 15) is 4.79 Å². The molecule has 0 aliphatic rings. The highest BCUT2D eigenvalue weighted by molar-refractivity contribution is 5.79. The molecule has 0 spiro atoms. The number of hydrogen-bond donors (Lipinski definition) is 1. The van der Waals surface area contributed by atoms with Gasteiger partial charge in [-0.1, -0.05) is 37.3 Å². The van der Waals surface area contributed by atoms with Crippen LogP contribution in [0.2, 0.25) is 0 Å². The summed E-state index contributed by atoms with van der Waals surface area (Å²) < 4.78 is 10.9. The highest BCUT2D eigenvalue weighted by Gasteiger charge is 2.17. The van der Waals surface area contributed by atoms with Crippen molar-refractivity contribution in [2.75, 3.05) is 7.11 Å². The van der Waals surface area contributed by atoms with Crippen LogP contribution in [0.5, 0.6) is 5.75 Å². The highest BCUT2D eigenvalue weighted by atomic mass is 16.5. The molecule has 0 saturated heterocycles. The Kier molecular flexibility index (Phi) is 5.91. The number of benzene rings is 2. The van der Waals surface area contributed by atoms with Crippen molar-refractivity contribution in [2.24, 2.45) is 0 Å². The molecule has 3 aromatic rings. The van der Waals surface area contributed by atoms with Crippen molar-refractivity contribution in [2.45, 2.75) is 32.7 Å². The summed E-state index contributed by atoms with van der Waals surface area (Å²) >= 11 is 0. The molecule has 3 rings (SSSR count). The zero-order chi connectivity index (χ0) is 19.2. The van der Waals surface area contributed by atoms with E-state index in [1.807, 2.05) is 68.4 Å². The number of ether oxygens (including phenoxy) is 1. The Labute approximate surface area is 159 Å². The van der Waals surface area contributed by atoms with Gasteiger partial charge in [0.05, 0.1) is 25.3 Å². The predicted molar refractivity (Wildman–Crippen MR) is 105 cm³/mol.